The highest BCUT2D eigenvalue weighted by Crippen LogP contribution is 2.20. The van der Waals surface area contributed by atoms with Crippen molar-refractivity contribution >= 4 is 0 Å². The summed E-state index contributed by atoms with van der Waals surface area (Å²) >= 11 is 0. The highest BCUT2D eigenvalue weighted by atomic mass is 16.6. The SMILES string of the molecule is CCCCCCc1c([O-])on[n+]1N1C(C)CCCC1C. The van der Waals surface area contributed by atoms with Crippen molar-refractivity contribution in [3.05, 3.63) is 5.69 Å². The van der Waals surface area contributed by atoms with E-state index < -0.39 is 0 Å². The molecule has 5 heteroatoms. The Balaban J connectivity index is 2.10. The predicted octanol–water partition coefficient (Wildman–Crippen LogP) is 2.06. The molecule has 114 valence electrons. The van der Waals surface area contributed by atoms with E-state index in [4.69, 9.17) is 4.52 Å². The summed E-state index contributed by atoms with van der Waals surface area (Å²) in [6, 6.07) is 0.810. The van der Waals surface area contributed by atoms with Crippen LogP contribution in [-0.4, -0.2) is 17.4 Å². The van der Waals surface area contributed by atoms with E-state index >= 15 is 0 Å². The zero-order valence-corrected chi connectivity index (χ0v) is 13.0. The van der Waals surface area contributed by atoms with Crippen LogP contribution >= 0.6 is 0 Å². The van der Waals surface area contributed by atoms with E-state index in [0.717, 1.165) is 32.1 Å². The Kier molecular flexibility index (Phi) is 5.26. The van der Waals surface area contributed by atoms with Gasteiger partial charge in [-0.05, 0) is 39.5 Å². The number of hydrogen-bond acceptors (Lipinski definition) is 4. The number of hydrogen-bond donors (Lipinski definition) is 0. The zero-order valence-electron chi connectivity index (χ0n) is 13.0. The van der Waals surface area contributed by atoms with E-state index in [1.165, 1.54) is 19.3 Å². The lowest BCUT2D eigenvalue weighted by Crippen LogP contribution is -2.69. The van der Waals surface area contributed by atoms with E-state index in [0.29, 0.717) is 17.8 Å². The Morgan fingerprint density at radius 1 is 1.25 bits per heavy atom. The van der Waals surface area contributed by atoms with Crippen molar-refractivity contribution in [3.63, 3.8) is 0 Å². The van der Waals surface area contributed by atoms with E-state index in [1.54, 1.807) is 4.79 Å². The summed E-state index contributed by atoms with van der Waals surface area (Å²) in [5, 5.41) is 18.1. The summed E-state index contributed by atoms with van der Waals surface area (Å²) in [5.74, 6) is -0.272. The lowest BCUT2D eigenvalue weighted by molar-refractivity contribution is -0.772. The summed E-state index contributed by atoms with van der Waals surface area (Å²) in [7, 11) is 0. The van der Waals surface area contributed by atoms with Crippen molar-refractivity contribution in [2.24, 2.45) is 0 Å². The van der Waals surface area contributed by atoms with Gasteiger partial charge in [-0.15, -0.1) is 5.01 Å². The van der Waals surface area contributed by atoms with Crippen LogP contribution in [0.5, 0.6) is 5.95 Å². The average Bonchev–Trinajstić information content (AvgIpc) is 2.76. The molecule has 1 fully saturated rings. The first kappa shape index (κ1) is 15.1. The number of rotatable bonds is 6. The van der Waals surface area contributed by atoms with Crippen LogP contribution in [0.25, 0.3) is 0 Å². The molecule has 2 atom stereocenters. The second-order valence-corrected chi connectivity index (χ2v) is 6.02. The highest BCUT2D eigenvalue weighted by Gasteiger charge is 2.35. The smallest absolute Gasteiger partial charge is 0.267 e. The minimum absolute atomic E-state index is 0.272. The summed E-state index contributed by atoms with van der Waals surface area (Å²) in [6.45, 7) is 6.58. The lowest BCUT2D eigenvalue weighted by Gasteiger charge is -2.32. The van der Waals surface area contributed by atoms with Gasteiger partial charge < -0.3 is 9.63 Å². The highest BCUT2D eigenvalue weighted by molar-refractivity contribution is 5.05. The third kappa shape index (κ3) is 3.25. The molecular formula is C15H27N3O2. The second kappa shape index (κ2) is 6.95. The third-order valence-electron chi connectivity index (χ3n) is 4.31. The molecule has 0 spiro atoms. The van der Waals surface area contributed by atoms with Crippen LogP contribution in [0.4, 0.5) is 0 Å². The Hall–Kier alpha value is -1.26. The molecule has 1 aliphatic rings. The molecule has 1 aromatic rings. The van der Waals surface area contributed by atoms with Gasteiger partial charge >= 0.3 is 0 Å². The van der Waals surface area contributed by atoms with Gasteiger partial charge in [0.05, 0.1) is 12.1 Å². The largest absolute Gasteiger partial charge is 0.539 e. The van der Waals surface area contributed by atoms with Gasteiger partial charge in [0.1, 0.15) is 5.27 Å². The van der Waals surface area contributed by atoms with E-state index in [9.17, 15) is 5.11 Å². The average molecular weight is 281 g/mol. The normalized spacial score (nSPS) is 23.2. The zero-order chi connectivity index (χ0) is 14.5. The van der Waals surface area contributed by atoms with Gasteiger partial charge in [0.25, 0.3) is 5.69 Å². The number of nitrogens with zero attached hydrogens (tertiary/aromatic N) is 3. The molecular weight excluding hydrogens is 254 g/mol. The summed E-state index contributed by atoms with van der Waals surface area (Å²) in [6.07, 6.45) is 8.91. The predicted molar refractivity (Wildman–Crippen MR) is 75.0 cm³/mol. The molecule has 1 aromatic heterocycles. The van der Waals surface area contributed by atoms with Crippen molar-refractivity contribution in [1.29, 1.82) is 0 Å². The van der Waals surface area contributed by atoms with Crippen molar-refractivity contribution in [1.82, 2.24) is 5.27 Å². The Labute approximate surface area is 121 Å². The first-order valence-corrected chi connectivity index (χ1v) is 8.01. The fraction of sp³-hybridized carbons (Fsp3) is 0.867. The lowest BCUT2D eigenvalue weighted by atomic mass is 10.00. The maximum Gasteiger partial charge on any atom is 0.267 e. The molecule has 1 aliphatic heterocycles. The number of piperidine rings is 1. The molecule has 0 saturated carbocycles. The summed E-state index contributed by atoms with van der Waals surface area (Å²) in [5.41, 5.74) is 0.710. The molecule has 2 rings (SSSR count). The molecule has 0 aliphatic carbocycles. The van der Waals surface area contributed by atoms with Gasteiger partial charge in [-0.3, -0.25) is 0 Å². The van der Waals surface area contributed by atoms with Crippen molar-refractivity contribution in [2.45, 2.75) is 84.2 Å². The number of unbranched alkanes of at least 4 members (excludes halogenated alkanes) is 3. The van der Waals surface area contributed by atoms with Gasteiger partial charge in [-0.25, -0.2) is 0 Å². The Morgan fingerprint density at radius 3 is 2.60 bits per heavy atom. The molecule has 5 nitrogen and oxygen atoms in total. The van der Waals surface area contributed by atoms with Crippen LogP contribution in [0.15, 0.2) is 4.52 Å². The van der Waals surface area contributed by atoms with Crippen LogP contribution in [0.2, 0.25) is 0 Å². The fourth-order valence-electron chi connectivity index (χ4n) is 3.14. The van der Waals surface area contributed by atoms with Crippen molar-refractivity contribution < 1.29 is 14.4 Å². The van der Waals surface area contributed by atoms with Gasteiger partial charge in [0, 0.05) is 11.2 Å². The quantitative estimate of drug-likeness (QED) is 0.591. The van der Waals surface area contributed by atoms with Gasteiger partial charge in [-0.2, -0.15) is 0 Å². The van der Waals surface area contributed by atoms with Gasteiger partial charge in [0.15, 0.2) is 5.95 Å². The summed E-state index contributed by atoms with van der Waals surface area (Å²) in [4.78, 5) is 1.75. The Morgan fingerprint density at radius 2 is 1.95 bits per heavy atom. The van der Waals surface area contributed by atoms with Crippen LogP contribution in [0.1, 0.15) is 71.4 Å². The molecule has 1 saturated heterocycles. The molecule has 20 heavy (non-hydrogen) atoms. The molecule has 0 radical (unpaired) electrons. The maximum absolute atomic E-state index is 11.9. The third-order valence-corrected chi connectivity index (χ3v) is 4.31. The molecule has 0 aromatic carbocycles. The van der Waals surface area contributed by atoms with E-state index in [-0.39, 0.29) is 5.95 Å². The van der Waals surface area contributed by atoms with Crippen LogP contribution in [-0.2, 0) is 6.42 Å². The van der Waals surface area contributed by atoms with Crippen LogP contribution < -0.4 is 14.9 Å². The van der Waals surface area contributed by atoms with Crippen molar-refractivity contribution in [3.8, 4) is 5.95 Å². The first-order chi connectivity index (χ1) is 9.65. The maximum atomic E-state index is 11.9. The Bertz CT molecular complexity index is 409. The van der Waals surface area contributed by atoms with Crippen LogP contribution in [0.3, 0.4) is 0 Å². The molecule has 0 amide bonds. The fourth-order valence-corrected chi connectivity index (χ4v) is 3.14. The molecule has 0 N–H and O–H groups in total. The standard InChI is InChI=1S/C15H27N3O2/c1-4-5-6-7-11-14-15(19)20-16-18(14)17-12(2)9-8-10-13(17)3/h12-13H,4-11H2,1-3H3. The van der Waals surface area contributed by atoms with E-state index in [2.05, 4.69) is 31.1 Å². The topological polar surface area (TPSA) is 56.2 Å². The molecule has 2 heterocycles. The first-order valence-electron chi connectivity index (χ1n) is 8.01. The van der Waals surface area contributed by atoms with E-state index in [1.807, 2.05) is 0 Å². The molecule has 2 unspecified atom stereocenters. The summed E-state index contributed by atoms with van der Waals surface area (Å²) < 4.78 is 4.92. The number of aromatic nitrogens is 2. The van der Waals surface area contributed by atoms with Crippen LogP contribution in [0, 0.1) is 0 Å². The minimum Gasteiger partial charge on any atom is -0.539 e. The minimum atomic E-state index is -0.272. The van der Waals surface area contributed by atoms with Crippen molar-refractivity contribution in [2.75, 3.05) is 5.01 Å². The van der Waals surface area contributed by atoms with Gasteiger partial charge in [-0.1, -0.05) is 26.2 Å². The van der Waals surface area contributed by atoms with Gasteiger partial charge in [0.2, 0.25) is 0 Å². The second-order valence-electron chi connectivity index (χ2n) is 6.02. The monoisotopic (exact) mass is 281 g/mol. The molecule has 0 bridgehead atoms.